The molecule has 0 rings (SSSR count). The van der Waals surface area contributed by atoms with Crippen LogP contribution in [0.2, 0.25) is 0 Å². The highest BCUT2D eigenvalue weighted by molar-refractivity contribution is 8.00. The van der Waals surface area contributed by atoms with Crippen LogP contribution in [0.3, 0.4) is 0 Å². The van der Waals surface area contributed by atoms with Gasteiger partial charge in [0.15, 0.2) is 0 Å². The van der Waals surface area contributed by atoms with E-state index in [1.54, 1.807) is 0 Å². The van der Waals surface area contributed by atoms with Gasteiger partial charge in [0, 0.05) is 10.5 Å². The zero-order valence-corrected chi connectivity index (χ0v) is 11.7. The van der Waals surface area contributed by atoms with Crippen molar-refractivity contribution in [2.75, 3.05) is 38.8 Å². The topological polar surface area (TPSA) is 68.2 Å². The molecule has 0 aromatic carbocycles. The lowest BCUT2D eigenvalue weighted by Crippen LogP contribution is -2.20. The minimum Gasteiger partial charge on any atom is -0.402 e. The number of ether oxygens (including phenoxy) is 2. The number of hydrogen-bond acceptors (Lipinski definition) is 6. The second kappa shape index (κ2) is 10.2. The van der Waals surface area contributed by atoms with Crippen molar-refractivity contribution in [1.29, 1.82) is 0 Å². The first kappa shape index (κ1) is 17.2. The van der Waals surface area contributed by atoms with Crippen molar-refractivity contribution in [2.24, 2.45) is 0 Å². The van der Waals surface area contributed by atoms with Crippen LogP contribution < -0.4 is 0 Å². The second-order valence-electron chi connectivity index (χ2n) is 4.38. The van der Waals surface area contributed by atoms with E-state index in [2.05, 4.69) is 25.4 Å². The van der Waals surface area contributed by atoms with Crippen molar-refractivity contribution < 1.29 is 24.2 Å². The fourth-order valence-corrected chi connectivity index (χ4v) is 1.75. The second-order valence-corrected chi connectivity index (χ2v) is 6.30. The summed E-state index contributed by atoms with van der Waals surface area (Å²) in [7, 11) is -1.72. The highest BCUT2D eigenvalue weighted by Gasteiger charge is 2.09. The Morgan fingerprint density at radius 3 is 2.00 bits per heavy atom. The quantitative estimate of drug-likeness (QED) is 0.444. The maximum absolute atomic E-state index is 8.37. The van der Waals surface area contributed by atoms with E-state index >= 15 is 0 Å². The molecule has 0 saturated heterocycles. The van der Waals surface area contributed by atoms with Crippen LogP contribution in [0.25, 0.3) is 0 Å². The maximum Gasteiger partial charge on any atom is 0.633 e. The molecule has 0 saturated carbocycles. The summed E-state index contributed by atoms with van der Waals surface area (Å²) in [5, 5.41) is 16.7. The molecule has 2 N–H and O–H groups in total. The third kappa shape index (κ3) is 16.2. The van der Waals surface area contributed by atoms with E-state index in [9.17, 15) is 0 Å². The standard InChI is InChI=1S/C10H23BO5S/c1-10(2,3)17-9-8-15-5-4-14-6-7-16-11(12)13/h12-13H,4-9H2,1-3H3. The molecular formula is C10H23BO5S. The molecule has 0 aromatic heterocycles. The Morgan fingerprint density at radius 1 is 0.941 bits per heavy atom. The van der Waals surface area contributed by atoms with Gasteiger partial charge in [-0.3, -0.25) is 0 Å². The van der Waals surface area contributed by atoms with Gasteiger partial charge in [0.2, 0.25) is 0 Å². The number of hydrogen-bond donors (Lipinski definition) is 2. The zero-order chi connectivity index (χ0) is 13.1. The molecular weight excluding hydrogens is 243 g/mol. The molecule has 0 fully saturated rings. The summed E-state index contributed by atoms with van der Waals surface area (Å²) in [4.78, 5) is 0. The van der Waals surface area contributed by atoms with E-state index in [0.29, 0.717) is 19.8 Å². The Bertz CT molecular complexity index is 175. The van der Waals surface area contributed by atoms with Crippen LogP contribution in [0.1, 0.15) is 20.8 Å². The summed E-state index contributed by atoms with van der Waals surface area (Å²) >= 11 is 1.87. The van der Waals surface area contributed by atoms with E-state index in [1.165, 1.54) is 0 Å². The molecule has 0 aromatic rings. The van der Waals surface area contributed by atoms with Crippen LogP contribution in [-0.2, 0) is 14.1 Å². The van der Waals surface area contributed by atoms with E-state index in [0.717, 1.165) is 12.4 Å². The SMILES string of the molecule is CC(C)(C)SCCOCCOCCOB(O)O. The van der Waals surface area contributed by atoms with Crippen LogP contribution in [-0.4, -0.2) is 60.9 Å². The predicted octanol–water partition coefficient (Wildman–Crippen LogP) is 0.537. The fourth-order valence-electron chi connectivity index (χ4n) is 0.941. The van der Waals surface area contributed by atoms with Gasteiger partial charge in [-0.1, -0.05) is 20.8 Å². The van der Waals surface area contributed by atoms with E-state index in [-0.39, 0.29) is 11.4 Å². The van der Waals surface area contributed by atoms with Crippen LogP contribution in [0.4, 0.5) is 0 Å². The molecule has 0 aliphatic heterocycles. The van der Waals surface area contributed by atoms with Crippen molar-refractivity contribution >= 4 is 19.1 Å². The van der Waals surface area contributed by atoms with Crippen molar-refractivity contribution in [3.05, 3.63) is 0 Å². The van der Waals surface area contributed by atoms with Crippen LogP contribution in [0, 0.1) is 0 Å². The Hall–Kier alpha value is 0.215. The molecule has 7 heteroatoms. The molecule has 0 aliphatic rings. The molecule has 0 atom stereocenters. The van der Waals surface area contributed by atoms with Gasteiger partial charge in [0.1, 0.15) is 0 Å². The lowest BCUT2D eigenvalue weighted by molar-refractivity contribution is 0.0339. The molecule has 0 bridgehead atoms. The molecule has 0 spiro atoms. The van der Waals surface area contributed by atoms with E-state index in [1.807, 2.05) is 11.8 Å². The van der Waals surface area contributed by atoms with Gasteiger partial charge in [-0.05, 0) is 0 Å². The Morgan fingerprint density at radius 2 is 1.47 bits per heavy atom. The van der Waals surface area contributed by atoms with Crippen LogP contribution >= 0.6 is 11.8 Å². The first-order valence-corrected chi connectivity index (χ1v) is 6.67. The lowest BCUT2D eigenvalue weighted by atomic mass is 10.3. The van der Waals surface area contributed by atoms with Gasteiger partial charge in [0.25, 0.3) is 0 Å². The van der Waals surface area contributed by atoms with Gasteiger partial charge < -0.3 is 24.2 Å². The summed E-state index contributed by atoms with van der Waals surface area (Å²) in [6.45, 7) is 8.78. The first-order valence-electron chi connectivity index (χ1n) is 5.69. The number of rotatable bonds is 10. The lowest BCUT2D eigenvalue weighted by Gasteiger charge is -2.17. The zero-order valence-electron chi connectivity index (χ0n) is 10.8. The molecule has 0 unspecified atom stereocenters. The molecule has 5 nitrogen and oxygen atoms in total. The largest absolute Gasteiger partial charge is 0.633 e. The normalized spacial score (nSPS) is 11.8. The van der Waals surface area contributed by atoms with Crippen LogP contribution in [0.15, 0.2) is 0 Å². The molecule has 17 heavy (non-hydrogen) atoms. The smallest absolute Gasteiger partial charge is 0.402 e. The summed E-state index contributed by atoms with van der Waals surface area (Å²) in [5.74, 6) is 0.976. The predicted molar refractivity (Wildman–Crippen MR) is 70.0 cm³/mol. The van der Waals surface area contributed by atoms with Gasteiger partial charge >= 0.3 is 7.32 Å². The average molecular weight is 266 g/mol. The molecule has 102 valence electrons. The van der Waals surface area contributed by atoms with Gasteiger partial charge in [-0.25, -0.2) is 0 Å². The maximum atomic E-state index is 8.37. The Balaban J connectivity index is 3.04. The third-order valence-corrected chi connectivity index (χ3v) is 2.87. The first-order chi connectivity index (χ1) is 7.92. The molecule has 0 radical (unpaired) electrons. The third-order valence-electron chi connectivity index (χ3n) is 1.63. The highest BCUT2D eigenvalue weighted by atomic mass is 32.2. The molecule has 0 heterocycles. The van der Waals surface area contributed by atoms with Crippen LogP contribution in [0.5, 0.6) is 0 Å². The van der Waals surface area contributed by atoms with Gasteiger partial charge in [-0.15, -0.1) is 0 Å². The Labute approximate surface area is 108 Å². The summed E-state index contributed by atoms with van der Waals surface area (Å²) in [6, 6.07) is 0. The summed E-state index contributed by atoms with van der Waals surface area (Å²) in [5.41, 5.74) is 0. The highest BCUT2D eigenvalue weighted by Crippen LogP contribution is 2.22. The minimum absolute atomic E-state index is 0.164. The van der Waals surface area contributed by atoms with E-state index in [4.69, 9.17) is 19.5 Å². The van der Waals surface area contributed by atoms with Crippen molar-refractivity contribution in [2.45, 2.75) is 25.5 Å². The minimum atomic E-state index is -1.72. The van der Waals surface area contributed by atoms with Crippen molar-refractivity contribution in [1.82, 2.24) is 0 Å². The molecule has 0 aliphatic carbocycles. The van der Waals surface area contributed by atoms with Gasteiger partial charge in [-0.2, -0.15) is 11.8 Å². The summed E-state index contributed by atoms with van der Waals surface area (Å²) in [6.07, 6.45) is 0. The average Bonchev–Trinajstić information content (AvgIpc) is 2.18. The molecule has 0 amide bonds. The van der Waals surface area contributed by atoms with E-state index < -0.39 is 7.32 Å². The number of thioether (sulfide) groups is 1. The van der Waals surface area contributed by atoms with Crippen molar-refractivity contribution in [3.8, 4) is 0 Å². The van der Waals surface area contributed by atoms with Crippen molar-refractivity contribution in [3.63, 3.8) is 0 Å². The van der Waals surface area contributed by atoms with Gasteiger partial charge in [0.05, 0.1) is 33.0 Å². The Kier molecular flexibility index (Phi) is 10.3. The monoisotopic (exact) mass is 266 g/mol. The fraction of sp³-hybridized carbons (Fsp3) is 1.00. The summed E-state index contributed by atoms with van der Waals surface area (Å²) < 4.78 is 15.3.